The second kappa shape index (κ2) is 6.69. The van der Waals surface area contributed by atoms with Crippen LogP contribution in [0.3, 0.4) is 0 Å². The third kappa shape index (κ3) is 3.67. The number of likely N-dealkylation sites (tertiary alicyclic amines) is 1. The largest absolute Gasteiger partial charge is 0.303 e. The number of carbonyl (C=O) groups is 1. The molecule has 0 bridgehead atoms. The Morgan fingerprint density at radius 1 is 1.33 bits per heavy atom. The molecule has 0 saturated carbocycles. The summed E-state index contributed by atoms with van der Waals surface area (Å²) in [6.07, 6.45) is 4.57. The van der Waals surface area contributed by atoms with Crippen LogP contribution in [0.5, 0.6) is 0 Å². The summed E-state index contributed by atoms with van der Waals surface area (Å²) in [5.41, 5.74) is 0.849. The van der Waals surface area contributed by atoms with Gasteiger partial charge in [-0.3, -0.25) is 4.79 Å². The van der Waals surface area contributed by atoms with E-state index < -0.39 is 0 Å². The van der Waals surface area contributed by atoms with Crippen molar-refractivity contribution < 1.29 is 4.79 Å². The van der Waals surface area contributed by atoms with Crippen molar-refractivity contribution in [2.45, 2.75) is 32.6 Å². The smallest absolute Gasteiger partial charge is 0.164 e. The summed E-state index contributed by atoms with van der Waals surface area (Å²) in [7, 11) is 0. The van der Waals surface area contributed by atoms with E-state index in [2.05, 4.69) is 11.8 Å². The molecule has 0 radical (unpaired) electrons. The molecule has 0 aliphatic carbocycles. The van der Waals surface area contributed by atoms with Crippen molar-refractivity contribution >= 4 is 5.78 Å². The van der Waals surface area contributed by atoms with Gasteiger partial charge in [0.05, 0.1) is 0 Å². The maximum Gasteiger partial charge on any atom is 0.164 e. The van der Waals surface area contributed by atoms with Crippen molar-refractivity contribution in [3.05, 3.63) is 35.9 Å². The van der Waals surface area contributed by atoms with Gasteiger partial charge in [0.1, 0.15) is 0 Å². The molecule has 1 saturated heterocycles. The third-order valence-electron chi connectivity index (χ3n) is 3.93. The van der Waals surface area contributed by atoms with Gasteiger partial charge in [-0.05, 0) is 25.3 Å². The highest BCUT2D eigenvalue weighted by Gasteiger charge is 2.18. The molecule has 1 heterocycles. The summed E-state index contributed by atoms with van der Waals surface area (Å²) < 4.78 is 0. The molecule has 0 spiro atoms. The number of ketones is 1. The lowest BCUT2D eigenvalue weighted by atomic mass is 9.95. The van der Waals surface area contributed by atoms with Gasteiger partial charge in [-0.1, -0.05) is 43.7 Å². The molecule has 1 aromatic rings. The summed E-state index contributed by atoms with van der Waals surface area (Å²) >= 11 is 0. The van der Waals surface area contributed by atoms with Gasteiger partial charge in [0.25, 0.3) is 0 Å². The number of nitrogens with zero attached hydrogens (tertiary/aromatic N) is 1. The molecule has 2 rings (SSSR count). The summed E-state index contributed by atoms with van der Waals surface area (Å²) in [5.74, 6) is 1.11. The molecule has 1 atom stereocenters. The zero-order chi connectivity index (χ0) is 12.8. The second-order valence-electron chi connectivity index (χ2n) is 5.26. The zero-order valence-electron chi connectivity index (χ0n) is 11.3. The van der Waals surface area contributed by atoms with Gasteiger partial charge in [-0.25, -0.2) is 0 Å². The standard InChI is InChI=1S/C16H23NO/c1-2-14-7-6-11-17(13-14)12-10-16(18)15-8-4-3-5-9-15/h3-5,8-9,14H,2,6-7,10-13H2,1H3. The average molecular weight is 245 g/mol. The van der Waals surface area contributed by atoms with E-state index in [0.717, 1.165) is 18.0 Å². The molecule has 98 valence electrons. The second-order valence-corrected chi connectivity index (χ2v) is 5.26. The normalized spacial score (nSPS) is 20.8. The van der Waals surface area contributed by atoms with Crippen molar-refractivity contribution in [1.29, 1.82) is 0 Å². The van der Waals surface area contributed by atoms with Crippen LogP contribution in [0.25, 0.3) is 0 Å². The predicted octanol–water partition coefficient (Wildman–Crippen LogP) is 3.38. The third-order valence-corrected chi connectivity index (χ3v) is 3.93. The number of piperidine rings is 1. The van der Waals surface area contributed by atoms with Crippen LogP contribution in [0.15, 0.2) is 30.3 Å². The summed E-state index contributed by atoms with van der Waals surface area (Å²) in [6.45, 7) is 5.53. The molecule has 18 heavy (non-hydrogen) atoms. The molecule has 0 N–H and O–H groups in total. The Labute approximate surface area is 110 Å². The molecule has 1 aliphatic rings. The van der Waals surface area contributed by atoms with Crippen LogP contribution in [-0.2, 0) is 0 Å². The highest BCUT2D eigenvalue weighted by Crippen LogP contribution is 2.19. The molecule has 2 heteroatoms. The number of Topliss-reactive ketones (excluding diaryl/α,β-unsaturated/α-hetero) is 1. The van der Waals surface area contributed by atoms with Gasteiger partial charge in [0.2, 0.25) is 0 Å². The molecular weight excluding hydrogens is 222 g/mol. The van der Waals surface area contributed by atoms with Gasteiger partial charge in [0, 0.05) is 25.1 Å². The Morgan fingerprint density at radius 3 is 2.83 bits per heavy atom. The fourth-order valence-electron chi connectivity index (χ4n) is 2.72. The van der Waals surface area contributed by atoms with Crippen LogP contribution in [0.2, 0.25) is 0 Å². The number of hydrogen-bond donors (Lipinski definition) is 0. The number of hydrogen-bond acceptors (Lipinski definition) is 2. The van der Waals surface area contributed by atoms with Crippen molar-refractivity contribution in [2.75, 3.05) is 19.6 Å². The Balaban J connectivity index is 1.79. The topological polar surface area (TPSA) is 20.3 Å². The van der Waals surface area contributed by atoms with E-state index in [-0.39, 0.29) is 5.78 Å². The zero-order valence-corrected chi connectivity index (χ0v) is 11.3. The minimum Gasteiger partial charge on any atom is -0.303 e. The minimum atomic E-state index is 0.272. The molecular formula is C16H23NO. The molecule has 1 fully saturated rings. The first-order valence-corrected chi connectivity index (χ1v) is 7.10. The van der Waals surface area contributed by atoms with Gasteiger partial charge >= 0.3 is 0 Å². The summed E-state index contributed by atoms with van der Waals surface area (Å²) in [4.78, 5) is 14.5. The highest BCUT2D eigenvalue weighted by atomic mass is 16.1. The number of carbonyl (C=O) groups excluding carboxylic acids is 1. The van der Waals surface area contributed by atoms with Crippen LogP contribution in [0, 0.1) is 5.92 Å². The van der Waals surface area contributed by atoms with Gasteiger partial charge in [-0.15, -0.1) is 0 Å². The minimum absolute atomic E-state index is 0.272. The van der Waals surface area contributed by atoms with Gasteiger partial charge < -0.3 is 4.90 Å². The van der Waals surface area contributed by atoms with Crippen molar-refractivity contribution in [3.8, 4) is 0 Å². The Hall–Kier alpha value is -1.15. The van der Waals surface area contributed by atoms with E-state index in [1.54, 1.807) is 0 Å². The molecule has 0 amide bonds. The Bertz CT molecular complexity index is 374. The van der Waals surface area contributed by atoms with E-state index in [1.807, 2.05) is 30.3 Å². The fraction of sp³-hybridized carbons (Fsp3) is 0.562. The lowest BCUT2D eigenvalue weighted by Crippen LogP contribution is -2.36. The van der Waals surface area contributed by atoms with Crippen molar-refractivity contribution in [1.82, 2.24) is 4.90 Å². The molecule has 2 nitrogen and oxygen atoms in total. The molecule has 1 aliphatic heterocycles. The lowest BCUT2D eigenvalue weighted by molar-refractivity contribution is 0.0945. The first-order chi connectivity index (χ1) is 8.79. The SMILES string of the molecule is CCC1CCCN(CCC(=O)c2ccccc2)C1. The molecule has 1 aromatic carbocycles. The first kappa shape index (κ1) is 13.3. The van der Waals surface area contributed by atoms with E-state index >= 15 is 0 Å². The maximum atomic E-state index is 12.0. The van der Waals surface area contributed by atoms with E-state index in [0.29, 0.717) is 6.42 Å². The van der Waals surface area contributed by atoms with Crippen molar-refractivity contribution in [2.24, 2.45) is 5.92 Å². The van der Waals surface area contributed by atoms with Crippen LogP contribution < -0.4 is 0 Å². The summed E-state index contributed by atoms with van der Waals surface area (Å²) in [6, 6.07) is 9.64. The van der Waals surface area contributed by atoms with Crippen LogP contribution in [-0.4, -0.2) is 30.3 Å². The molecule has 0 aromatic heterocycles. The lowest BCUT2D eigenvalue weighted by Gasteiger charge is -2.32. The van der Waals surface area contributed by atoms with Crippen molar-refractivity contribution in [3.63, 3.8) is 0 Å². The van der Waals surface area contributed by atoms with Crippen LogP contribution >= 0.6 is 0 Å². The monoisotopic (exact) mass is 245 g/mol. The Kier molecular flexibility index (Phi) is 4.94. The maximum absolute atomic E-state index is 12.0. The van der Waals surface area contributed by atoms with Gasteiger partial charge in [0.15, 0.2) is 5.78 Å². The van der Waals surface area contributed by atoms with E-state index in [9.17, 15) is 4.79 Å². The first-order valence-electron chi connectivity index (χ1n) is 7.10. The molecule has 1 unspecified atom stereocenters. The quantitative estimate of drug-likeness (QED) is 0.741. The average Bonchev–Trinajstić information content (AvgIpc) is 2.46. The Morgan fingerprint density at radius 2 is 2.11 bits per heavy atom. The summed E-state index contributed by atoms with van der Waals surface area (Å²) in [5, 5.41) is 0. The van der Waals surface area contributed by atoms with E-state index in [1.165, 1.54) is 32.4 Å². The van der Waals surface area contributed by atoms with Crippen LogP contribution in [0.4, 0.5) is 0 Å². The number of benzene rings is 1. The fourth-order valence-corrected chi connectivity index (χ4v) is 2.72. The van der Waals surface area contributed by atoms with Gasteiger partial charge in [-0.2, -0.15) is 0 Å². The predicted molar refractivity (Wildman–Crippen MR) is 74.8 cm³/mol. The highest BCUT2D eigenvalue weighted by molar-refractivity contribution is 5.96. The number of rotatable bonds is 5. The van der Waals surface area contributed by atoms with E-state index in [4.69, 9.17) is 0 Å². The van der Waals surface area contributed by atoms with Crippen LogP contribution in [0.1, 0.15) is 43.0 Å².